The second-order valence-corrected chi connectivity index (χ2v) is 8.80. The number of urea groups is 1. The van der Waals surface area contributed by atoms with Crippen molar-refractivity contribution in [1.29, 1.82) is 0 Å². The first-order valence-electron chi connectivity index (χ1n) is 12.4. The van der Waals surface area contributed by atoms with Gasteiger partial charge >= 0.3 is 12.0 Å². The van der Waals surface area contributed by atoms with E-state index in [4.69, 9.17) is 15.2 Å². The number of aryl methyl sites for hydroxylation is 1. The molecule has 3 rings (SSSR count). The van der Waals surface area contributed by atoms with E-state index >= 15 is 0 Å². The highest BCUT2D eigenvalue weighted by molar-refractivity contribution is 5.99. The molecular weight excluding hydrogens is 484 g/mol. The van der Waals surface area contributed by atoms with Gasteiger partial charge in [0, 0.05) is 11.4 Å². The summed E-state index contributed by atoms with van der Waals surface area (Å²) >= 11 is 0. The zero-order valence-electron chi connectivity index (χ0n) is 21.7. The lowest BCUT2D eigenvalue weighted by atomic mass is 10.1. The SMILES string of the molecule is COC(=O)c1cccc(COc2ccc(NC(=O)N[C@@H](CCCCN)C(=O)Nc3ccc(C)cc3)cc2)c1. The number of benzene rings is 3. The van der Waals surface area contributed by atoms with Crippen LogP contribution in [0, 0.1) is 6.92 Å². The molecule has 0 aliphatic heterocycles. The van der Waals surface area contributed by atoms with Gasteiger partial charge in [-0.2, -0.15) is 0 Å². The average Bonchev–Trinajstić information content (AvgIpc) is 2.93. The van der Waals surface area contributed by atoms with Gasteiger partial charge in [0.1, 0.15) is 18.4 Å². The maximum atomic E-state index is 12.9. The molecule has 0 saturated carbocycles. The van der Waals surface area contributed by atoms with Crippen molar-refractivity contribution < 1.29 is 23.9 Å². The minimum Gasteiger partial charge on any atom is -0.489 e. The van der Waals surface area contributed by atoms with Crippen LogP contribution in [0.15, 0.2) is 72.8 Å². The van der Waals surface area contributed by atoms with Crippen LogP contribution in [0.25, 0.3) is 0 Å². The van der Waals surface area contributed by atoms with Gasteiger partial charge in [0.2, 0.25) is 5.91 Å². The van der Waals surface area contributed by atoms with Gasteiger partial charge in [-0.1, -0.05) is 29.8 Å². The Balaban J connectivity index is 1.54. The van der Waals surface area contributed by atoms with Gasteiger partial charge in [-0.05, 0) is 86.8 Å². The summed E-state index contributed by atoms with van der Waals surface area (Å²) in [7, 11) is 1.34. The summed E-state index contributed by atoms with van der Waals surface area (Å²) in [6.07, 6.45) is 1.93. The van der Waals surface area contributed by atoms with Gasteiger partial charge in [0.25, 0.3) is 0 Å². The minimum absolute atomic E-state index is 0.263. The number of esters is 1. The number of unbranched alkanes of at least 4 members (excludes halogenated alkanes) is 1. The third-order valence-electron chi connectivity index (χ3n) is 5.75. The molecule has 1 atom stereocenters. The molecule has 0 fully saturated rings. The lowest BCUT2D eigenvalue weighted by molar-refractivity contribution is -0.118. The molecule has 200 valence electrons. The molecule has 0 saturated heterocycles. The Morgan fingerprint density at radius 2 is 1.58 bits per heavy atom. The van der Waals surface area contributed by atoms with E-state index in [9.17, 15) is 14.4 Å². The standard InChI is InChI=1S/C29H34N4O5/c1-20-9-11-23(12-10-20)31-27(34)26(8-3-4-17-30)33-29(36)32-24-13-15-25(16-14-24)38-19-21-6-5-7-22(18-21)28(35)37-2/h5-7,9-16,18,26H,3-4,8,17,19,30H2,1-2H3,(H,31,34)(H2,32,33,36)/t26-/m0/s1. The fourth-order valence-corrected chi connectivity index (χ4v) is 3.66. The predicted molar refractivity (Wildman–Crippen MR) is 147 cm³/mol. The van der Waals surface area contributed by atoms with Crippen molar-refractivity contribution in [2.75, 3.05) is 24.3 Å². The van der Waals surface area contributed by atoms with Crippen molar-refractivity contribution in [1.82, 2.24) is 5.32 Å². The van der Waals surface area contributed by atoms with Crippen LogP contribution >= 0.6 is 0 Å². The van der Waals surface area contributed by atoms with Gasteiger partial charge in [-0.25, -0.2) is 9.59 Å². The molecule has 0 spiro atoms. The zero-order valence-corrected chi connectivity index (χ0v) is 21.7. The van der Waals surface area contributed by atoms with E-state index in [1.165, 1.54) is 7.11 Å². The van der Waals surface area contributed by atoms with Crippen LogP contribution in [-0.2, 0) is 16.1 Å². The number of ether oxygens (including phenoxy) is 2. The Morgan fingerprint density at radius 3 is 2.26 bits per heavy atom. The average molecular weight is 519 g/mol. The van der Waals surface area contributed by atoms with Gasteiger partial charge < -0.3 is 31.2 Å². The van der Waals surface area contributed by atoms with Crippen LogP contribution in [0.1, 0.15) is 40.7 Å². The van der Waals surface area contributed by atoms with Crippen LogP contribution in [0.5, 0.6) is 5.75 Å². The highest BCUT2D eigenvalue weighted by atomic mass is 16.5. The van der Waals surface area contributed by atoms with Gasteiger partial charge in [0.05, 0.1) is 12.7 Å². The molecule has 9 nitrogen and oxygen atoms in total. The van der Waals surface area contributed by atoms with E-state index in [0.29, 0.717) is 42.1 Å². The van der Waals surface area contributed by atoms with E-state index in [0.717, 1.165) is 17.5 Å². The number of carbonyl (C=O) groups excluding carboxylic acids is 3. The predicted octanol–water partition coefficient (Wildman–Crippen LogP) is 4.62. The number of hydrogen-bond acceptors (Lipinski definition) is 6. The van der Waals surface area contributed by atoms with Crippen molar-refractivity contribution in [2.24, 2.45) is 5.73 Å². The van der Waals surface area contributed by atoms with Crippen LogP contribution in [0.4, 0.5) is 16.2 Å². The van der Waals surface area contributed by atoms with E-state index < -0.39 is 18.0 Å². The topological polar surface area (TPSA) is 132 Å². The summed E-state index contributed by atoms with van der Waals surface area (Å²) in [6.45, 7) is 2.75. The van der Waals surface area contributed by atoms with E-state index in [1.54, 1.807) is 42.5 Å². The number of methoxy groups -OCH3 is 1. The van der Waals surface area contributed by atoms with Gasteiger partial charge in [-0.15, -0.1) is 0 Å². The Morgan fingerprint density at radius 1 is 0.895 bits per heavy atom. The Labute approximate surface area is 222 Å². The molecule has 0 radical (unpaired) electrons. The Bertz CT molecular complexity index is 1210. The first kappa shape index (κ1) is 28.2. The minimum atomic E-state index is -0.716. The number of carbonyl (C=O) groups is 3. The number of amides is 3. The summed E-state index contributed by atoms with van der Waals surface area (Å²) < 4.78 is 10.5. The normalized spacial score (nSPS) is 11.2. The van der Waals surface area contributed by atoms with E-state index in [-0.39, 0.29) is 12.5 Å². The quantitative estimate of drug-likeness (QED) is 0.204. The highest BCUT2D eigenvalue weighted by Gasteiger charge is 2.21. The Hall–Kier alpha value is -4.37. The molecule has 0 aromatic heterocycles. The summed E-state index contributed by atoms with van der Waals surface area (Å²) in [5, 5.41) is 8.38. The van der Waals surface area contributed by atoms with Crippen molar-refractivity contribution in [3.8, 4) is 5.75 Å². The maximum absolute atomic E-state index is 12.9. The molecular formula is C29H34N4O5. The summed E-state index contributed by atoms with van der Waals surface area (Å²) in [4.78, 5) is 37.2. The fourth-order valence-electron chi connectivity index (χ4n) is 3.66. The van der Waals surface area contributed by atoms with Crippen molar-refractivity contribution in [2.45, 2.75) is 38.8 Å². The molecule has 3 aromatic rings. The summed E-state index contributed by atoms with van der Waals surface area (Å²) in [6, 6.07) is 20.1. The van der Waals surface area contributed by atoms with Crippen molar-refractivity contribution in [3.05, 3.63) is 89.5 Å². The van der Waals surface area contributed by atoms with Gasteiger partial charge in [0.15, 0.2) is 0 Å². The smallest absolute Gasteiger partial charge is 0.337 e. The third-order valence-corrected chi connectivity index (χ3v) is 5.75. The number of nitrogens with two attached hydrogens (primary N) is 1. The summed E-state index contributed by atoms with van der Waals surface area (Å²) in [5.41, 5.74) is 9.16. The van der Waals surface area contributed by atoms with Crippen LogP contribution in [0.3, 0.4) is 0 Å². The lowest BCUT2D eigenvalue weighted by Gasteiger charge is -2.19. The molecule has 38 heavy (non-hydrogen) atoms. The van der Waals surface area contributed by atoms with Crippen LogP contribution in [-0.4, -0.2) is 37.6 Å². The van der Waals surface area contributed by atoms with E-state index in [2.05, 4.69) is 16.0 Å². The monoisotopic (exact) mass is 518 g/mol. The molecule has 5 N–H and O–H groups in total. The Kier molecular flexibility index (Phi) is 10.7. The molecule has 0 heterocycles. The molecule has 3 amide bonds. The van der Waals surface area contributed by atoms with Gasteiger partial charge in [-0.3, -0.25) is 4.79 Å². The molecule has 0 aliphatic rings. The van der Waals surface area contributed by atoms with E-state index in [1.807, 2.05) is 37.3 Å². The fraction of sp³-hybridized carbons (Fsp3) is 0.276. The number of rotatable bonds is 12. The largest absolute Gasteiger partial charge is 0.489 e. The molecule has 0 aliphatic carbocycles. The van der Waals surface area contributed by atoms with Crippen LogP contribution in [0.2, 0.25) is 0 Å². The summed E-state index contributed by atoms with van der Waals surface area (Å²) in [5.74, 6) is -0.104. The van der Waals surface area contributed by atoms with Crippen LogP contribution < -0.4 is 26.4 Å². The number of anilines is 2. The molecule has 9 heteroatoms. The molecule has 0 unspecified atom stereocenters. The molecule has 0 bridgehead atoms. The first-order chi connectivity index (χ1) is 18.4. The van der Waals surface area contributed by atoms with Crippen molar-refractivity contribution in [3.63, 3.8) is 0 Å². The molecule has 3 aromatic carbocycles. The zero-order chi connectivity index (χ0) is 27.3. The van der Waals surface area contributed by atoms with Crippen molar-refractivity contribution >= 4 is 29.3 Å². The lowest BCUT2D eigenvalue weighted by Crippen LogP contribution is -2.45. The second kappa shape index (κ2) is 14.4. The second-order valence-electron chi connectivity index (χ2n) is 8.80. The maximum Gasteiger partial charge on any atom is 0.337 e. The third kappa shape index (κ3) is 8.94. The number of hydrogen-bond donors (Lipinski definition) is 4. The number of nitrogens with one attached hydrogen (secondary N) is 3. The first-order valence-corrected chi connectivity index (χ1v) is 12.4. The highest BCUT2D eigenvalue weighted by Crippen LogP contribution is 2.18.